The number of anilines is 2. The summed E-state index contributed by atoms with van der Waals surface area (Å²) < 4.78 is 0. The first-order valence-corrected chi connectivity index (χ1v) is 8.62. The lowest BCUT2D eigenvalue weighted by Crippen LogP contribution is -2.43. The number of fused-ring (bicyclic) bond motifs is 1. The Morgan fingerprint density at radius 2 is 1.74 bits per heavy atom. The van der Waals surface area contributed by atoms with Crippen molar-refractivity contribution in [3.8, 4) is 0 Å². The molecular weight excluding hydrogens is 340 g/mol. The number of carbonyl (C=O) groups is 2. The van der Waals surface area contributed by atoms with Crippen molar-refractivity contribution in [3.05, 3.63) is 95.1 Å². The molecular formula is C22H17N2O3-. The number of benzene rings is 3. The smallest absolute Gasteiger partial charge is 0.262 e. The number of para-hydroxylation sites is 1. The first-order chi connectivity index (χ1) is 13.0. The Balaban J connectivity index is 1.83. The molecule has 1 aliphatic rings. The first kappa shape index (κ1) is 16.8. The van der Waals surface area contributed by atoms with Crippen LogP contribution >= 0.6 is 0 Å². The van der Waals surface area contributed by atoms with Crippen molar-refractivity contribution in [2.75, 3.05) is 10.2 Å². The van der Waals surface area contributed by atoms with E-state index in [1.165, 1.54) is 12.1 Å². The molecule has 134 valence electrons. The van der Waals surface area contributed by atoms with Crippen LogP contribution in [0.3, 0.4) is 0 Å². The van der Waals surface area contributed by atoms with Crippen LogP contribution in [0, 0.1) is 6.92 Å². The molecule has 27 heavy (non-hydrogen) atoms. The van der Waals surface area contributed by atoms with E-state index in [1.807, 2.05) is 49.4 Å². The summed E-state index contributed by atoms with van der Waals surface area (Å²) in [7, 11) is 0. The van der Waals surface area contributed by atoms with Gasteiger partial charge in [-0.05, 0) is 47.9 Å². The highest BCUT2D eigenvalue weighted by Crippen LogP contribution is 2.36. The molecule has 1 amide bonds. The minimum absolute atomic E-state index is 0.100. The predicted octanol–water partition coefficient (Wildman–Crippen LogP) is 3.13. The molecule has 0 bridgehead atoms. The summed E-state index contributed by atoms with van der Waals surface area (Å²) in [6.07, 6.45) is -0.454. The van der Waals surface area contributed by atoms with Crippen LogP contribution in [0.4, 0.5) is 11.4 Å². The minimum Gasteiger partial charge on any atom is -0.545 e. The Morgan fingerprint density at radius 1 is 1.00 bits per heavy atom. The number of amides is 1. The number of hydrogen-bond acceptors (Lipinski definition) is 4. The van der Waals surface area contributed by atoms with Crippen LogP contribution in [0.15, 0.2) is 72.8 Å². The SMILES string of the molecule is Cc1cccc(N2C(=O)c3ccccc3N[C@@H]2c2ccc(C(=O)[O-])cc2)c1. The van der Waals surface area contributed by atoms with Crippen LogP contribution in [0.1, 0.15) is 38.0 Å². The Hall–Kier alpha value is -3.60. The van der Waals surface area contributed by atoms with Crippen LogP contribution in [0.5, 0.6) is 0 Å². The molecule has 4 rings (SSSR count). The third-order valence-corrected chi connectivity index (χ3v) is 4.67. The molecule has 3 aromatic rings. The molecule has 0 aromatic heterocycles. The molecule has 5 heteroatoms. The van der Waals surface area contributed by atoms with Crippen molar-refractivity contribution < 1.29 is 14.7 Å². The summed E-state index contributed by atoms with van der Waals surface area (Å²) in [5, 5.41) is 14.4. The van der Waals surface area contributed by atoms with Gasteiger partial charge in [-0.1, -0.05) is 48.5 Å². The maximum atomic E-state index is 13.3. The lowest BCUT2D eigenvalue weighted by molar-refractivity contribution is -0.255. The van der Waals surface area contributed by atoms with Crippen molar-refractivity contribution in [3.63, 3.8) is 0 Å². The van der Waals surface area contributed by atoms with E-state index in [0.717, 1.165) is 22.5 Å². The molecule has 0 aliphatic carbocycles. The van der Waals surface area contributed by atoms with Gasteiger partial charge in [-0.15, -0.1) is 0 Å². The van der Waals surface area contributed by atoms with E-state index in [2.05, 4.69) is 5.32 Å². The number of nitrogens with one attached hydrogen (secondary N) is 1. The number of nitrogens with zero attached hydrogens (tertiary/aromatic N) is 1. The highest BCUT2D eigenvalue weighted by atomic mass is 16.4. The lowest BCUT2D eigenvalue weighted by atomic mass is 10.0. The van der Waals surface area contributed by atoms with E-state index < -0.39 is 12.1 Å². The third kappa shape index (κ3) is 3.04. The molecule has 1 atom stereocenters. The standard InChI is InChI=1S/C22H18N2O3/c1-14-5-4-6-17(13-14)24-20(15-9-11-16(12-10-15)22(26)27)23-19-8-3-2-7-18(19)21(24)25/h2-13,20,23H,1H3,(H,26,27)/p-1/t20-/m0/s1. The highest BCUT2D eigenvalue weighted by molar-refractivity contribution is 6.12. The number of carboxylic acid groups (broad SMARTS) is 1. The van der Waals surface area contributed by atoms with Gasteiger partial charge in [-0.25, -0.2) is 0 Å². The number of carboxylic acids is 1. The second-order valence-corrected chi connectivity index (χ2v) is 6.52. The average Bonchev–Trinajstić information content (AvgIpc) is 2.68. The van der Waals surface area contributed by atoms with Crippen LogP contribution in [-0.2, 0) is 0 Å². The Kier molecular flexibility index (Phi) is 4.12. The summed E-state index contributed by atoms with van der Waals surface area (Å²) in [4.78, 5) is 26.0. The fourth-order valence-electron chi connectivity index (χ4n) is 3.33. The zero-order valence-electron chi connectivity index (χ0n) is 14.7. The monoisotopic (exact) mass is 357 g/mol. The van der Waals surface area contributed by atoms with Gasteiger partial charge < -0.3 is 15.2 Å². The molecule has 0 fully saturated rings. The van der Waals surface area contributed by atoms with E-state index in [-0.39, 0.29) is 11.5 Å². The van der Waals surface area contributed by atoms with E-state index >= 15 is 0 Å². The molecule has 0 saturated carbocycles. The summed E-state index contributed by atoms with van der Waals surface area (Å²) >= 11 is 0. The van der Waals surface area contributed by atoms with Crippen molar-refractivity contribution in [1.82, 2.24) is 0 Å². The molecule has 0 radical (unpaired) electrons. The summed E-state index contributed by atoms with van der Waals surface area (Å²) in [5.41, 5.74) is 4.05. The van der Waals surface area contributed by atoms with Gasteiger partial charge in [0.25, 0.3) is 5.91 Å². The third-order valence-electron chi connectivity index (χ3n) is 4.67. The van der Waals surface area contributed by atoms with Crippen LogP contribution in [0.2, 0.25) is 0 Å². The summed E-state index contributed by atoms with van der Waals surface area (Å²) in [6, 6.07) is 21.5. The molecule has 1 aliphatic heterocycles. The zero-order valence-corrected chi connectivity index (χ0v) is 14.7. The van der Waals surface area contributed by atoms with Gasteiger partial charge in [0.2, 0.25) is 0 Å². The maximum absolute atomic E-state index is 13.3. The van der Waals surface area contributed by atoms with Crippen LogP contribution in [-0.4, -0.2) is 11.9 Å². The quantitative estimate of drug-likeness (QED) is 0.782. The molecule has 0 spiro atoms. The number of rotatable bonds is 3. The van der Waals surface area contributed by atoms with Crippen molar-refractivity contribution in [2.24, 2.45) is 0 Å². The number of aromatic carboxylic acids is 1. The van der Waals surface area contributed by atoms with Crippen molar-refractivity contribution in [1.29, 1.82) is 0 Å². The van der Waals surface area contributed by atoms with Gasteiger partial charge >= 0.3 is 0 Å². The molecule has 1 N–H and O–H groups in total. The Morgan fingerprint density at radius 3 is 2.44 bits per heavy atom. The lowest BCUT2D eigenvalue weighted by Gasteiger charge is -2.38. The molecule has 1 heterocycles. The van der Waals surface area contributed by atoms with Crippen LogP contribution in [0.25, 0.3) is 0 Å². The topological polar surface area (TPSA) is 72.5 Å². The normalized spacial score (nSPS) is 15.8. The van der Waals surface area contributed by atoms with Gasteiger partial charge in [0.1, 0.15) is 6.17 Å². The van der Waals surface area contributed by atoms with E-state index in [1.54, 1.807) is 23.1 Å². The largest absolute Gasteiger partial charge is 0.545 e. The Labute approximate surface area is 156 Å². The second-order valence-electron chi connectivity index (χ2n) is 6.52. The summed E-state index contributed by atoms with van der Waals surface area (Å²) in [6.45, 7) is 1.98. The molecule has 0 unspecified atom stereocenters. The maximum Gasteiger partial charge on any atom is 0.262 e. The predicted molar refractivity (Wildman–Crippen MR) is 102 cm³/mol. The van der Waals surface area contributed by atoms with Gasteiger partial charge in [-0.2, -0.15) is 0 Å². The number of aryl methyl sites for hydroxylation is 1. The highest BCUT2D eigenvalue weighted by Gasteiger charge is 2.33. The van der Waals surface area contributed by atoms with Crippen molar-refractivity contribution in [2.45, 2.75) is 13.1 Å². The fourth-order valence-corrected chi connectivity index (χ4v) is 3.33. The molecule has 0 saturated heterocycles. The second kappa shape index (κ2) is 6.61. The van der Waals surface area contributed by atoms with Gasteiger partial charge in [0, 0.05) is 11.4 Å². The van der Waals surface area contributed by atoms with Crippen LogP contribution < -0.4 is 15.3 Å². The Bertz CT molecular complexity index is 1030. The van der Waals surface area contributed by atoms with Crippen molar-refractivity contribution >= 4 is 23.3 Å². The van der Waals surface area contributed by atoms with E-state index in [4.69, 9.17) is 0 Å². The molecule has 3 aromatic carbocycles. The van der Waals surface area contributed by atoms with E-state index in [9.17, 15) is 14.7 Å². The molecule has 5 nitrogen and oxygen atoms in total. The van der Waals surface area contributed by atoms with Gasteiger partial charge in [0.05, 0.1) is 11.5 Å². The zero-order chi connectivity index (χ0) is 19.0. The average molecular weight is 357 g/mol. The number of hydrogen-bond donors (Lipinski definition) is 1. The minimum atomic E-state index is -1.23. The van der Waals surface area contributed by atoms with Gasteiger partial charge in [0.15, 0.2) is 0 Å². The fraction of sp³-hybridized carbons (Fsp3) is 0.0909. The van der Waals surface area contributed by atoms with Gasteiger partial charge in [-0.3, -0.25) is 9.69 Å². The van der Waals surface area contributed by atoms with E-state index in [0.29, 0.717) is 5.56 Å². The first-order valence-electron chi connectivity index (χ1n) is 8.62. The summed E-state index contributed by atoms with van der Waals surface area (Å²) in [5.74, 6) is -1.33. The number of carbonyl (C=O) groups excluding carboxylic acids is 2.